The van der Waals surface area contributed by atoms with E-state index in [9.17, 15) is 31.1 Å². The zero-order chi connectivity index (χ0) is 21.4. The fourth-order valence-corrected chi connectivity index (χ4v) is 3.36. The summed E-state index contributed by atoms with van der Waals surface area (Å²) in [6, 6.07) is 2.41. The number of halogens is 8. The SMILES string of the molecule is CC(=O)Nc1c(SC(F)(F)F)c(C#N)nn1-c1c(Cl)cc(C(F)(F)F)cc1Cl. The quantitative estimate of drug-likeness (QED) is 0.473. The Morgan fingerprint density at radius 1 is 1.21 bits per heavy atom. The smallest absolute Gasteiger partial charge is 0.310 e. The molecule has 0 fully saturated rings. The van der Waals surface area contributed by atoms with Crippen molar-refractivity contribution in [2.75, 3.05) is 5.32 Å². The maximum atomic E-state index is 12.9. The molecular formula is C14H6Cl2F6N4OS. The number of amides is 1. The lowest BCUT2D eigenvalue weighted by Gasteiger charge is -2.15. The molecule has 14 heteroatoms. The monoisotopic (exact) mass is 462 g/mol. The van der Waals surface area contributed by atoms with Crippen LogP contribution in [0.25, 0.3) is 5.69 Å². The molecular weight excluding hydrogens is 457 g/mol. The minimum atomic E-state index is -4.85. The molecule has 0 saturated heterocycles. The Hall–Kier alpha value is -2.10. The van der Waals surface area contributed by atoms with E-state index in [1.54, 1.807) is 0 Å². The van der Waals surface area contributed by atoms with Crippen LogP contribution in [-0.2, 0) is 11.0 Å². The number of nitrogens with one attached hydrogen (secondary N) is 1. The topological polar surface area (TPSA) is 70.7 Å². The summed E-state index contributed by atoms with van der Waals surface area (Å²) in [5.74, 6) is -1.44. The van der Waals surface area contributed by atoms with Gasteiger partial charge >= 0.3 is 11.7 Å². The number of rotatable bonds is 3. The van der Waals surface area contributed by atoms with Crippen LogP contribution in [0.4, 0.5) is 32.2 Å². The number of nitrogens with zero attached hydrogens (tertiary/aromatic N) is 3. The Morgan fingerprint density at radius 3 is 2.14 bits per heavy atom. The molecule has 1 heterocycles. The summed E-state index contributed by atoms with van der Waals surface area (Å²) in [4.78, 5) is 10.7. The maximum Gasteiger partial charge on any atom is 0.446 e. The van der Waals surface area contributed by atoms with E-state index in [1.165, 1.54) is 6.07 Å². The number of carbonyl (C=O) groups excluding carboxylic acids is 1. The molecule has 0 bridgehead atoms. The Morgan fingerprint density at radius 2 is 1.75 bits per heavy atom. The van der Waals surface area contributed by atoms with Crippen LogP contribution < -0.4 is 5.32 Å². The Labute approximate surface area is 167 Å². The van der Waals surface area contributed by atoms with E-state index in [2.05, 4.69) is 10.4 Å². The zero-order valence-electron chi connectivity index (χ0n) is 13.3. The van der Waals surface area contributed by atoms with Gasteiger partial charge < -0.3 is 5.32 Å². The summed E-state index contributed by atoms with van der Waals surface area (Å²) in [6.07, 6.45) is -4.79. The Balaban J connectivity index is 2.79. The van der Waals surface area contributed by atoms with Crippen LogP contribution in [0.1, 0.15) is 18.2 Å². The van der Waals surface area contributed by atoms with E-state index in [0.717, 1.165) is 6.92 Å². The van der Waals surface area contributed by atoms with Crippen LogP contribution >= 0.6 is 35.0 Å². The number of carbonyl (C=O) groups is 1. The zero-order valence-corrected chi connectivity index (χ0v) is 15.7. The van der Waals surface area contributed by atoms with E-state index in [0.29, 0.717) is 16.8 Å². The van der Waals surface area contributed by atoms with Gasteiger partial charge in [0.2, 0.25) is 5.91 Å². The second-order valence-corrected chi connectivity index (χ2v) is 6.95. The van der Waals surface area contributed by atoms with E-state index in [4.69, 9.17) is 28.5 Å². The minimum absolute atomic E-state index is 0.439. The summed E-state index contributed by atoms with van der Waals surface area (Å²) in [5, 5.41) is 13.6. The average molecular weight is 463 g/mol. The maximum absolute atomic E-state index is 12.9. The van der Waals surface area contributed by atoms with Crippen LogP contribution in [0.15, 0.2) is 17.0 Å². The molecule has 5 nitrogen and oxygen atoms in total. The number of benzene rings is 1. The first-order valence-electron chi connectivity index (χ1n) is 6.87. The summed E-state index contributed by atoms with van der Waals surface area (Å²) >= 11 is 11.0. The Kier molecular flexibility index (Phi) is 6.13. The molecule has 0 aliphatic rings. The van der Waals surface area contributed by atoms with Gasteiger partial charge in [-0.05, 0) is 23.9 Å². The number of alkyl halides is 6. The van der Waals surface area contributed by atoms with Crippen LogP contribution in [0, 0.1) is 11.3 Å². The van der Waals surface area contributed by atoms with Crippen molar-refractivity contribution in [1.29, 1.82) is 5.26 Å². The van der Waals surface area contributed by atoms with Crippen molar-refractivity contribution in [2.45, 2.75) is 23.5 Å². The molecule has 0 aliphatic carbocycles. The van der Waals surface area contributed by atoms with Gasteiger partial charge in [0.1, 0.15) is 11.8 Å². The van der Waals surface area contributed by atoms with E-state index < -0.39 is 67.1 Å². The molecule has 1 amide bonds. The fourth-order valence-electron chi connectivity index (χ4n) is 2.06. The van der Waals surface area contributed by atoms with Gasteiger partial charge in [-0.25, -0.2) is 4.68 Å². The highest BCUT2D eigenvalue weighted by atomic mass is 35.5. The van der Waals surface area contributed by atoms with Gasteiger partial charge in [-0.15, -0.1) is 0 Å². The van der Waals surface area contributed by atoms with E-state index in [-0.39, 0.29) is 0 Å². The van der Waals surface area contributed by atoms with Crippen molar-refractivity contribution in [3.05, 3.63) is 33.4 Å². The van der Waals surface area contributed by atoms with Crippen molar-refractivity contribution >= 4 is 46.7 Å². The third kappa shape index (κ3) is 4.84. The third-order valence-corrected chi connectivity index (χ3v) is 4.41. The molecule has 0 unspecified atom stereocenters. The second-order valence-electron chi connectivity index (χ2n) is 5.07. The summed E-state index contributed by atoms with van der Waals surface area (Å²) in [5.41, 5.74) is -7.23. The average Bonchev–Trinajstić information content (AvgIpc) is 2.81. The lowest BCUT2D eigenvalue weighted by molar-refractivity contribution is -0.137. The lowest BCUT2D eigenvalue weighted by atomic mass is 10.2. The van der Waals surface area contributed by atoms with Crippen molar-refractivity contribution in [3.8, 4) is 11.8 Å². The van der Waals surface area contributed by atoms with Gasteiger partial charge in [-0.1, -0.05) is 23.2 Å². The fraction of sp³-hybridized carbons (Fsp3) is 0.214. The van der Waals surface area contributed by atoms with Gasteiger partial charge in [-0.3, -0.25) is 4.79 Å². The van der Waals surface area contributed by atoms with Crippen LogP contribution in [0.3, 0.4) is 0 Å². The molecule has 150 valence electrons. The molecule has 0 radical (unpaired) electrons. The highest BCUT2D eigenvalue weighted by molar-refractivity contribution is 8.00. The second kappa shape index (κ2) is 7.73. The van der Waals surface area contributed by atoms with Gasteiger partial charge in [0.05, 0.1) is 20.5 Å². The standard InChI is InChI=1S/C14H6Cl2F6N4OS/c1-5(27)24-12-11(28-14(20,21)22)9(4-23)25-26(12)10-7(15)2-6(3-8(10)16)13(17,18)19/h2-3H,1H3,(H,24,27). The highest BCUT2D eigenvalue weighted by Crippen LogP contribution is 2.45. The lowest BCUT2D eigenvalue weighted by Crippen LogP contribution is -2.13. The van der Waals surface area contributed by atoms with Crippen molar-refractivity contribution in [3.63, 3.8) is 0 Å². The molecule has 2 aromatic rings. The van der Waals surface area contributed by atoms with Crippen LogP contribution in [-0.4, -0.2) is 21.2 Å². The molecule has 0 saturated carbocycles. The summed E-state index contributed by atoms with van der Waals surface area (Å²) in [6.45, 7) is 0.974. The molecule has 1 aromatic carbocycles. The number of thioether (sulfide) groups is 1. The van der Waals surface area contributed by atoms with Crippen molar-refractivity contribution in [2.24, 2.45) is 0 Å². The molecule has 0 spiro atoms. The van der Waals surface area contributed by atoms with E-state index in [1.807, 2.05) is 0 Å². The largest absolute Gasteiger partial charge is 0.446 e. The molecule has 28 heavy (non-hydrogen) atoms. The predicted molar refractivity (Wildman–Crippen MR) is 89.5 cm³/mol. The number of hydrogen-bond donors (Lipinski definition) is 1. The van der Waals surface area contributed by atoms with E-state index >= 15 is 0 Å². The highest BCUT2D eigenvalue weighted by Gasteiger charge is 2.36. The summed E-state index contributed by atoms with van der Waals surface area (Å²) < 4.78 is 77.8. The van der Waals surface area contributed by atoms with Crippen LogP contribution in [0.5, 0.6) is 0 Å². The predicted octanol–water partition coefficient (Wildman–Crippen LogP) is 5.64. The van der Waals surface area contributed by atoms with Crippen molar-refractivity contribution < 1.29 is 31.1 Å². The number of aromatic nitrogens is 2. The molecule has 0 atom stereocenters. The van der Waals surface area contributed by atoms with Gasteiger partial charge in [0.15, 0.2) is 11.5 Å². The summed E-state index contributed by atoms with van der Waals surface area (Å²) in [7, 11) is 0. The number of hydrogen-bond acceptors (Lipinski definition) is 4. The molecule has 0 aliphatic heterocycles. The van der Waals surface area contributed by atoms with Gasteiger partial charge in [0, 0.05) is 6.92 Å². The molecule has 1 aromatic heterocycles. The molecule has 1 N–H and O–H groups in total. The van der Waals surface area contributed by atoms with Gasteiger partial charge in [0.25, 0.3) is 0 Å². The first-order chi connectivity index (χ1) is 12.7. The first-order valence-corrected chi connectivity index (χ1v) is 8.45. The van der Waals surface area contributed by atoms with Crippen LogP contribution in [0.2, 0.25) is 10.0 Å². The third-order valence-electron chi connectivity index (χ3n) is 3.02. The minimum Gasteiger partial charge on any atom is -0.310 e. The molecule has 2 rings (SSSR count). The Bertz CT molecular complexity index is 957. The van der Waals surface area contributed by atoms with Gasteiger partial charge in [-0.2, -0.15) is 36.7 Å². The normalized spacial score (nSPS) is 12.0. The van der Waals surface area contributed by atoms with Crippen molar-refractivity contribution in [1.82, 2.24) is 9.78 Å². The number of nitriles is 1. The number of anilines is 1. The first kappa shape index (κ1) is 22.2.